The van der Waals surface area contributed by atoms with Crippen molar-refractivity contribution in [3.8, 4) is 11.8 Å². The van der Waals surface area contributed by atoms with Crippen LogP contribution in [0.25, 0.3) is 0 Å². The second-order valence-electron chi connectivity index (χ2n) is 6.98. The van der Waals surface area contributed by atoms with Crippen LogP contribution >= 0.6 is 11.6 Å². The van der Waals surface area contributed by atoms with E-state index in [9.17, 15) is 8.78 Å². The molecule has 26 heavy (non-hydrogen) atoms. The van der Waals surface area contributed by atoms with Crippen molar-refractivity contribution in [1.82, 2.24) is 4.98 Å². The lowest BCUT2D eigenvalue weighted by Crippen LogP contribution is -2.13. The third kappa shape index (κ3) is 4.62. The van der Waals surface area contributed by atoms with Gasteiger partial charge in [0.15, 0.2) is 5.82 Å². The Morgan fingerprint density at radius 3 is 2.42 bits per heavy atom. The van der Waals surface area contributed by atoms with Crippen LogP contribution in [0.2, 0.25) is 5.15 Å². The van der Waals surface area contributed by atoms with Crippen LogP contribution in [0.1, 0.15) is 68.1 Å². The van der Waals surface area contributed by atoms with E-state index >= 15 is 0 Å². The standard InChI is InChI=1S/C22H22ClF2N/c1-2-3-15-4-9-17(10-5-15)18-11-6-16(7-12-18)8-13-19-14-20(24)22(25)26-21(19)23/h6-7,11-12,14-15,17H,2-5,9-10H2,1H3/t15-,17-. The van der Waals surface area contributed by atoms with Crippen LogP contribution in [-0.4, -0.2) is 4.98 Å². The van der Waals surface area contributed by atoms with Gasteiger partial charge in [-0.25, -0.2) is 9.37 Å². The summed E-state index contributed by atoms with van der Waals surface area (Å²) in [5.41, 5.74) is 2.36. The number of rotatable bonds is 3. The maximum absolute atomic E-state index is 13.3. The fourth-order valence-corrected chi connectivity index (χ4v) is 3.88. The zero-order chi connectivity index (χ0) is 18.5. The summed E-state index contributed by atoms with van der Waals surface area (Å²) in [6.07, 6.45) is 7.78. The molecule has 0 radical (unpaired) electrons. The van der Waals surface area contributed by atoms with Crippen LogP contribution in [-0.2, 0) is 0 Å². The summed E-state index contributed by atoms with van der Waals surface area (Å²) < 4.78 is 26.2. The molecule has 1 aliphatic rings. The van der Waals surface area contributed by atoms with Gasteiger partial charge in [0.1, 0.15) is 5.15 Å². The number of pyridine rings is 1. The summed E-state index contributed by atoms with van der Waals surface area (Å²) in [5.74, 6) is 4.98. The molecule has 1 aromatic carbocycles. The molecule has 0 bridgehead atoms. The lowest BCUT2D eigenvalue weighted by Gasteiger charge is -2.28. The summed E-state index contributed by atoms with van der Waals surface area (Å²) in [6, 6.07) is 9.17. The highest BCUT2D eigenvalue weighted by molar-refractivity contribution is 6.30. The van der Waals surface area contributed by atoms with E-state index < -0.39 is 11.8 Å². The van der Waals surface area contributed by atoms with Crippen LogP contribution in [0, 0.1) is 29.5 Å². The Morgan fingerprint density at radius 2 is 1.77 bits per heavy atom. The van der Waals surface area contributed by atoms with Gasteiger partial charge in [0.25, 0.3) is 0 Å². The number of hydrogen-bond acceptors (Lipinski definition) is 1. The van der Waals surface area contributed by atoms with E-state index in [4.69, 9.17) is 11.6 Å². The molecule has 0 unspecified atom stereocenters. The van der Waals surface area contributed by atoms with Gasteiger partial charge in [-0.05, 0) is 61.3 Å². The normalized spacial score (nSPS) is 19.7. The minimum atomic E-state index is -1.21. The van der Waals surface area contributed by atoms with Crippen molar-refractivity contribution >= 4 is 11.6 Å². The number of aromatic nitrogens is 1. The van der Waals surface area contributed by atoms with Gasteiger partial charge in [-0.15, -0.1) is 0 Å². The summed E-state index contributed by atoms with van der Waals surface area (Å²) in [4.78, 5) is 3.30. The molecule has 1 aliphatic carbocycles. The van der Waals surface area contributed by atoms with Crippen LogP contribution in [0.15, 0.2) is 30.3 Å². The smallest absolute Gasteiger partial charge is 0.204 e. The van der Waals surface area contributed by atoms with E-state index in [1.807, 2.05) is 12.1 Å². The molecule has 0 N–H and O–H groups in total. The third-order valence-corrected chi connectivity index (χ3v) is 5.44. The van der Waals surface area contributed by atoms with Gasteiger partial charge < -0.3 is 0 Å². The molecule has 0 spiro atoms. The van der Waals surface area contributed by atoms with Gasteiger partial charge in [0, 0.05) is 5.56 Å². The number of halogens is 3. The van der Waals surface area contributed by atoms with Crippen LogP contribution in [0.3, 0.4) is 0 Å². The van der Waals surface area contributed by atoms with Crippen molar-refractivity contribution in [3.63, 3.8) is 0 Å². The molecule has 0 aliphatic heterocycles. The molecule has 136 valence electrons. The fourth-order valence-electron chi connectivity index (χ4n) is 3.70. The van der Waals surface area contributed by atoms with E-state index in [-0.39, 0.29) is 10.7 Å². The summed E-state index contributed by atoms with van der Waals surface area (Å²) in [7, 11) is 0. The summed E-state index contributed by atoms with van der Waals surface area (Å²) in [6.45, 7) is 2.26. The van der Waals surface area contributed by atoms with E-state index in [1.165, 1.54) is 44.1 Å². The third-order valence-electron chi connectivity index (χ3n) is 5.15. The number of benzene rings is 1. The second-order valence-corrected chi connectivity index (χ2v) is 7.34. The van der Waals surface area contributed by atoms with Crippen LogP contribution in [0.5, 0.6) is 0 Å². The lowest BCUT2D eigenvalue weighted by atomic mass is 9.77. The Kier molecular flexibility index (Phi) is 6.27. The quantitative estimate of drug-likeness (QED) is 0.442. The van der Waals surface area contributed by atoms with E-state index in [2.05, 4.69) is 35.9 Å². The average Bonchev–Trinajstić information content (AvgIpc) is 2.65. The van der Waals surface area contributed by atoms with Crippen molar-refractivity contribution in [3.05, 3.63) is 63.9 Å². The highest BCUT2D eigenvalue weighted by Gasteiger charge is 2.21. The van der Waals surface area contributed by atoms with E-state index in [0.29, 0.717) is 5.92 Å². The number of hydrogen-bond donors (Lipinski definition) is 0. The Labute approximate surface area is 158 Å². The molecular weight excluding hydrogens is 352 g/mol. The highest BCUT2D eigenvalue weighted by atomic mass is 35.5. The predicted octanol–water partition coefficient (Wildman–Crippen LogP) is 6.49. The first-order valence-corrected chi connectivity index (χ1v) is 9.58. The Balaban J connectivity index is 1.67. The minimum absolute atomic E-state index is 0.128. The molecule has 0 atom stereocenters. The van der Waals surface area contributed by atoms with Gasteiger partial charge in [-0.3, -0.25) is 0 Å². The largest absolute Gasteiger partial charge is 0.250 e. The monoisotopic (exact) mass is 373 g/mol. The second kappa shape index (κ2) is 8.64. The molecule has 0 saturated heterocycles. The minimum Gasteiger partial charge on any atom is -0.204 e. The molecule has 2 aromatic rings. The lowest BCUT2D eigenvalue weighted by molar-refractivity contribution is 0.308. The molecule has 4 heteroatoms. The molecule has 0 amide bonds. The van der Waals surface area contributed by atoms with Gasteiger partial charge in [0.05, 0.1) is 5.56 Å². The van der Waals surface area contributed by atoms with Crippen molar-refractivity contribution in [2.75, 3.05) is 0 Å². The predicted molar refractivity (Wildman–Crippen MR) is 101 cm³/mol. The Morgan fingerprint density at radius 1 is 1.08 bits per heavy atom. The summed E-state index contributed by atoms with van der Waals surface area (Å²) >= 11 is 5.81. The van der Waals surface area contributed by atoms with Crippen molar-refractivity contribution in [2.24, 2.45) is 5.92 Å². The Hall–Kier alpha value is -1.92. The first kappa shape index (κ1) is 18.9. The first-order valence-electron chi connectivity index (χ1n) is 9.20. The zero-order valence-electron chi connectivity index (χ0n) is 14.9. The van der Waals surface area contributed by atoms with Gasteiger partial charge in [0.2, 0.25) is 5.95 Å². The van der Waals surface area contributed by atoms with Crippen LogP contribution < -0.4 is 0 Å². The molecule has 1 aromatic heterocycles. The molecule has 1 fully saturated rings. The van der Waals surface area contributed by atoms with Crippen LogP contribution in [0.4, 0.5) is 8.78 Å². The molecule has 3 rings (SSSR count). The molecule has 1 saturated carbocycles. The maximum atomic E-state index is 13.3. The fraction of sp³-hybridized carbons (Fsp3) is 0.409. The molecular formula is C22H22ClF2N. The molecule has 1 heterocycles. The topological polar surface area (TPSA) is 12.9 Å². The van der Waals surface area contributed by atoms with E-state index in [0.717, 1.165) is 17.5 Å². The number of nitrogens with zero attached hydrogens (tertiary/aromatic N) is 1. The SMILES string of the molecule is CCC[C@H]1CC[C@H](c2ccc(C#Cc3cc(F)c(F)nc3Cl)cc2)CC1. The van der Waals surface area contributed by atoms with Gasteiger partial charge >= 0.3 is 0 Å². The van der Waals surface area contributed by atoms with Crippen molar-refractivity contribution in [2.45, 2.75) is 51.4 Å². The van der Waals surface area contributed by atoms with Gasteiger partial charge in [-0.1, -0.05) is 55.3 Å². The summed E-state index contributed by atoms with van der Waals surface area (Å²) in [5, 5.41) is -0.128. The van der Waals surface area contributed by atoms with Gasteiger partial charge in [-0.2, -0.15) is 4.39 Å². The highest BCUT2D eigenvalue weighted by Crippen LogP contribution is 2.37. The molecule has 1 nitrogen and oxygen atoms in total. The average molecular weight is 374 g/mol. The first-order chi connectivity index (χ1) is 12.6. The maximum Gasteiger partial charge on any atom is 0.250 e. The van der Waals surface area contributed by atoms with Crippen molar-refractivity contribution < 1.29 is 8.78 Å². The van der Waals surface area contributed by atoms with E-state index in [1.54, 1.807) is 0 Å². The zero-order valence-corrected chi connectivity index (χ0v) is 15.6. The van der Waals surface area contributed by atoms with Crippen molar-refractivity contribution in [1.29, 1.82) is 0 Å². The Bertz CT molecular complexity index is 813.